The van der Waals surface area contributed by atoms with Gasteiger partial charge < -0.3 is 14.8 Å². The molecular weight excluding hydrogens is 467 g/mol. The highest BCUT2D eigenvalue weighted by atomic mass is 32.2. The van der Waals surface area contributed by atoms with Crippen LogP contribution in [0.5, 0.6) is 11.5 Å². The molecule has 180 valence electrons. The van der Waals surface area contributed by atoms with Crippen LogP contribution in [0.25, 0.3) is 5.69 Å². The van der Waals surface area contributed by atoms with Gasteiger partial charge in [-0.3, -0.25) is 9.36 Å². The number of benzene rings is 3. The maximum absolute atomic E-state index is 13.2. The molecule has 3 aromatic carbocycles. The number of carbonyl (C=O) groups is 1. The summed E-state index contributed by atoms with van der Waals surface area (Å²) < 4.78 is 26.6. The van der Waals surface area contributed by atoms with Crippen molar-refractivity contribution in [2.75, 3.05) is 12.4 Å². The molecule has 4 aromatic rings. The summed E-state index contributed by atoms with van der Waals surface area (Å²) in [6, 6.07) is 22.7. The number of anilines is 1. The molecule has 0 fully saturated rings. The van der Waals surface area contributed by atoms with Gasteiger partial charge in [-0.25, -0.2) is 4.39 Å². The van der Waals surface area contributed by atoms with E-state index in [9.17, 15) is 9.18 Å². The number of ether oxygens (including phenoxy) is 2. The Morgan fingerprint density at radius 1 is 0.943 bits per heavy atom. The van der Waals surface area contributed by atoms with Crippen molar-refractivity contribution in [2.24, 2.45) is 0 Å². The molecule has 0 radical (unpaired) electrons. The summed E-state index contributed by atoms with van der Waals surface area (Å²) >= 11 is 1.27. The van der Waals surface area contributed by atoms with Gasteiger partial charge in [-0.05, 0) is 62.4 Å². The van der Waals surface area contributed by atoms with E-state index in [1.165, 1.54) is 36.0 Å². The normalized spacial score (nSPS) is 12.6. The molecule has 0 saturated carbocycles. The summed E-state index contributed by atoms with van der Waals surface area (Å²) in [5, 5.41) is 11.6. The van der Waals surface area contributed by atoms with Gasteiger partial charge in [-0.2, -0.15) is 0 Å². The lowest BCUT2D eigenvalue weighted by Crippen LogP contribution is -2.23. The van der Waals surface area contributed by atoms with E-state index in [4.69, 9.17) is 9.47 Å². The summed E-state index contributed by atoms with van der Waals surface area (Å²) in [6.45, 7) is 3.66. The second-order valence-corrected chi connectivity index (χ2v) is 8.99. The lowest BCUT2D eigenvalue weighted by Gasteiger charge is -2.18. The van der Waals surface area contributed by atoms with Crippen molar-refractivity contribution in [1.29, 1.82) is 0 Å². The molecule has 1 aromatic heterocycles. The van der Waals surface area contributed by atoms with Crippen LogP contribution in [-0.2, 0) is 4.79 Å². The fourth-order valence-corrected chi connectivity index (χ4v) is 4.26. The molecule has 1 heterocycles. The number of hydrogen-bond acceptors (Lipinski definition) is 6. The largest absolute Gasteiger partial charge is 0.493 e. The Labute approximate surface area is 207 Å². The van der Waals surface area contributed by atoms with Crippen molar-refractivity contribution in [3.8, 4) is 17.2 Å². The maximum atomic E-state index is 13.2. The quantitative estimate of drug-likeness (QED) is 0.303. The molecule has 0 spiro atoms. The number of nitrogens with zero attached hydrogens (tertiary/aromatic N) is 3. The lowest BCUT2D eigenvalue weighted by atomic mass is 10.3. The van der Waals surface area contributed by atoms with E-state index < -0.39 is 11.4 Å². The molecule has 0 aliphatic carbocycles. The lowest BCUT2D eigenvalue weighted by molar-refractivity contribution is -0.115. The summed E-state index contributed by atoms with van der Waals surface area (Å²) in [6.07, 6.45) is -0.461. The van der Waals surface area contributed by atoms with Crippen LogP contribution in [0.15, 0.2) is 84.0 Å². The first-order valence-electron chi connectivity index (χ1n) is 11.0. The van der Waals surface area contributed by atoms with E-state index >= 15 is 0 Å². The van der Waals surface area contributed by atoms with Gasteiger partial charge in [0.25, 0.3) is 0 Å². The SMILES string of the molecule is COc1ccccc1OC(C)c1nnc(SC(C)C(=O)Nc2ccc(F)cc2)n1-c1ccccc1. The van der Waals surface area contributed by atoms with Crippen LogP contribution in [0.2, 0.25) is 0 Å². The first-order chi connectivity index (χ1) is 17.0. The number of hydrogen-bond donors (Lipinski definition) is 1. The molecule has 4 rings (SSSR count). The molecule has 2 unspecified atom stereocenters. The zero-order valence-corrected chi connectivity index (χ0v) is 20.3. The average molecular weight is 493 g/mol. The Morgan fingerprint density at radius 2 is 1.60 bits per heavy atom. The fraction of sp³-hybridized carbons (Fsp3) is 0.192. The van der Waals surface area contributed by atoms with E-state index in [-0.39, 0.29) is 11.7 Å². The predicted octanol–water partition coefficient (Wildman–Crippen LogP) is 5.67. The highest BCUT2D eigenvalue weighted by molar-refractivity contribution is 8.00. The fourth-order valence-electron chi connectivity index (χ4n) is 3.39. The third-order valence-electron chi connectivity index (χ3n) is 5.17. The van der Waals surface area contributed by atoms with Gasteiger partial charge >= 0.3 is 0 Å². The third-order valence-corrected chi connectivity index (χ3v) is 6.22. The Balaban J connectivity index is 1.59. The van der Waals surface area contributed by atoms with Gasteiger partial charge in [-0.1, -0.05) is 42.1 Å². The molecule has 9 heteroatoms. The number of carbonyl (C=O) groups excluding carboxylic acids is 1. The van der Waals surface area contributed by atoms with Crippen molar-refractivity contribution < 1.29 is 18.7 Å². The molecule has 7 nitrogen and oxygen atoms in total. The molecule has 1 N–H and O–H groups in total. The number of thioether (sulfide) groups is 1. The first-order valence-corrected chi connectivity index (χ1v) is 11.9. The topological polar surface area (TPSA) is 78.3 Å². The van der Waals surface area contributed by atoms with E-state index in [0.717, 1.165) is 5.69 Å². The van der Waals surface area contributed by atoms with Gasteiger partial charge in [0.2, 0.25) is 5.91 Å². The Kier molecular flexibility index (Phi) is 7.67. The minimum Gasteiger partial charge on any atom is -0.493 e. The summed E-state index contributed by atoms with van der Waals surface area (Å²) in [7, 11) is 1.59. The molecule has 0 aliphatic rings. The second-order valence-electron chi connectivity index (χ2n) is 7.68. The molecular formula is C26H25FN4O3S. The maximum Gasteiger partial charge on any atom is 0.237 e. The average Bonchev–Trinajstić information content (AvgIpc) is 3.29. The van der Waals surface area contributed by atoms with E-state index in [1.54, 1.807) is 14.0 Å². The van der Waals surface area contributed by atoms with Crippen molar-refractivity contribution >= 4 is 23.4 Å². The number of rotatable bonds is 9. The van der Waals surface area contributed by atoms with Crippen LogP contribution in [0.1, 0.15) is 25.8 Å². The molecule has 1 amide bonds. The van der Waals surface area contributed by atoms with E-state index in [1.807, 2.05) is 66.1 Å². The smallest absolute Gasteiger partial charge is 0.237 e. The van der Waals surface area contributed by atoms with Crippen LogP contribution in [0.3, 0.4) is 0 Å². The number of aromatic nitrogens is 3. The third kappa shape index (κ3) is 5.81. The second kappa shape index (κ2) is 11.1. The molecule has 0 aliphatic heterocycles. The summed E-state index contributed by atoms with van der Waals surface area (Å²) in [5.41, 5.74) is 1.37. The molecule has 0 saturated heterocycles. The highest BCUT2D eigenvalue weighted by Gasteiger charge is 2.25. The van der Waals surface area contributed by atoms with Gasteiger partial charge in [-0.15, -0.1) is 10.2 Å². The Bertz CT molecular complexity index is 1280. The molecule has 0 bridgehead atoms. The van der Waals surface area contributed by atoms with Crippen LogP contribution < -0.4 is 14.8 Å². The number of methoxy groups -OCH3 is 1. The van der Waals surface area contributed by atoms with Crippen LogP contribution in [0, 0.1) is 5.82 Å². The van der Waals surface area contributed by atoms with Crippen LogP contribution >= 0.6 is 11.8 Å². The minimum atomic E-state index is -0.495. The zero-order chi connectivity index (χ0) is 24.8. The first kappa shape index (κ1) is 24.3. The van der Waals surface area contributed by atoms with Crippen molar-refractivity contribution in [2.45, 2.75) is 30.4 Å². The number of nitrogens with one attached hydrogen (secondary N) is 1. The van der Waals surface area contributed by atoms with Crippen molar-refractivity contribution in [3.63, 3.8) is 0 Å². The van der Waals surface area contributed by atoms with Crippen LogP contribution in [0.4, 0.5) is 10.1 Å². The zero-order valence-electron chi connectivity index (χ0n) is 19.5. The Hall–Kier alpha value is -3.85. The van der Waals surface area contributed by atoms with E-state index in [2.05, 4.69) is 15.5 Å². The minimum absolute atomic E-state index is 0.232. The van der Waals surface area contributed by atoms with Gasteiger partial charge in [0.1, 0.15) is 5.82 Å². The van der Waals surface area contributed by atoms with E-state index in [0.29, 0.717) is 28.2 Å². The summed E-state index contributed by atoms with van der Waals surface area (Å²) in [4.78, 5) is 12.8. The number of amides is 1. The van der Waals surface area contributed by atoms with Crippen LogP contribution in [-0.4, -0.2) is 33.0 Å². The predicted molar refractivity (Wildman–Crippen MR) is 134 cm³/mol. The molecule has 35 heavy (non-hydrogen) atoms. The molecule has 2 atom stereocenters. The summed E-state index contributed by atoms with van der Waals surface area (Å²) in [5.74, 6) is 1.19. The van der Waals surface area contributed by atoms with Gasteiger partial charge in [0.05, 0.1) is 12.4 Å². The number of halogens is 1. The van der Waals surface area contributed by atoms with Gasteiger partial charge in [0.15, 0.2) is 28.6 Å². The van der Waals surface area contributed by atoms with Gasteiger partial charge in [0, 0.05) is 11.4 Å². The van der Waals surface area contributed by atoms with Crippen molar-refractivity contribution in [3.05, 3.63) is 90.5 Å². The highest BCUT2D eigenvalue weighted by Crippen LogP contribution is 2.33. The number of para-hydroxylation sites is 3. The monoisotopic (exact) mass is 492 g/mol. The standard InChI is InChI=1S/C26H25FN4O3S/c1-17(34-23-12-8-7-11-22(23)33-3)24-29-30-26(31(24)21-9-5-4-6-10-21)35-18(2)25(32)28-20-15-13-19(27)14-16-20/h4-18H,1-3H3,(H,28,32). The van der Waals surface area contributed by atoms with Crippen molar-refractivity contribution in [1.82, 2.24) is 14.8 Å². The Morgan fingerprint density at radius 3 is 2.29 bits per heavy atom.